The van der Waals surface area contributed by atoms with Gasteiger partial charge < -0.3 is 14.4 Å². The number of carbonyl (C=O) groups excluding carboxylic acids is 2. The van der Waals surface area contributed by atoms with E-state index in [1.807, 2.05) is 39.9 Å². The smallest absolute Gasteiger partial charge is 0.255 e. The van der Waals surface area contributed by atoms with Gasteiger partial charge in [0.1, 0.15) is 0 Å². The van der Waals surface area contributed by atoms with Gasteiger partial charge in [0, 0.05) is 51.5 Å². The van der Waals surface area contributed by atoms with Crippen LogP contribution in [0.1, 0.15) is 37.0 Å². The van der Waals surface area contributed by atoms with Crippen LogP contribution in [-0.2, 0) is 11.8 Å². The van der Waals surface area contributed by atoms with E-state index < -0.39 is 0 Å². The van der Waals surface area contributed by atoms with Gasteiger partial charge in [0.25, 0.3) is 5.91 Å². The summed E-state index contributed by atoms with van der Waals surface area (Å²) in [5.41, 5.74) is 0.720. The summed E-state index contributed by atoms with van der Waals surface area (Å²) in [4.78, 5) is 28.4. The Bertz CT molecular complexity index is 497. The van der Waals surface area contributed by atoms with E-state index in [9.17, 15) is 9.59 Å². The standard InChI is InChI=1S/C16H25N3O2/c1-4-13(5-2)15(20)18-8-10-19(11-9-18)16(21)14-6-7-17(3)12-14/h6-7,12-13H,4-5,8-11H2,1-3H3. The van der Waals surface area contributed by atoms with Gasteiger partial charge in [0.2, 0.25) is 5.91 Å². The number of hydrogen-bond acceptors (Lipinski definition) is 2. The maximum Gasteiger partial charge on any atom is 0.255 e. The molecule has 2 amide bonds. The van der Waals surface area contributed by atoms with Gasteiger partial charge in [-0.3, -0.25) is 9.59 Å². The first-order chi connectivity index (χ1) is 10.1. The predicted molar refractivity (Wildman–Crippen MR) is 82.0 cm³/mol. The van der Waals surface area contributed by atoms with Crippen molar-refractivity contribution in [2.45, 2.75) is 26.7 Å². The molecule has 1 aromatic heterocycles. The summed E-state index contributed by atoms with van der Waals surface area (Å²) in [5, 5.41) is 0. The number of amides is 2. The van der Waals surface area contributed by atoms with Gasteiger partial charge in [-0.2, -0.15) is 0 Å². The molecule has 0 unspecified atom stereocenters. The van der Waals surface area contributed by atoms with Gasteiger partial charge in [0.15, 0.2) is 0 Å². The van der Waals surface area contributed by atoms with E-state index in [1.165, 1.54) is 0 Å². The fourth-order valence-electron chi connectivity index (χ4n) is 2.84. The lowest BCUT2D eigenvalue weighted by molar-refractivity contribution is -0.137. The van der Waals surface area contributed by atoms with Gasteiger partial charge in [0.05, 0.1) is 5.56 Å². The zero-order valence-corrected chi connectivity index (χ0v) is 13.2. The lowest BCUT2D eigenvalue weighted by Crippen LogP contribution is -2.51. The molecule has 0 saturated carbocycles. The Balaban J connectivity index is 1.91. The number of aromatic nitrogens is 1. The molecule has 2 rings (SSSR count). The summed E-state index contributed by atoms with van der Waals surface area (Å²) in [6, 6.07) is 1.84. The predicted octanol–water partition coefficient (Wildman–Crippen LogP) is 1.75. The maximum atomic E-state index is 12.3. The second kappa shape index (κ2) is 6.78. The molecule has 5 nitrogen and oxygen atoms in total. The zero-order valence-electron chi connectivity index (χ0n) is 13.2. The maximum absolute atomic E-state index is 12.3. The highest BCUT2D eigenvalue weighted by atomic mass is 16.2. The lowest BCUT2D eigenvalue weighted by Gasteiger charge is -2.36. The van der Waals surface area contributed by atoms with E-state index in [1.54, 1.807) is 0 Å². The number of nitrogens with zero attached hydrogens (tertiary/aromatic N) is 3. The number of piperazine rings is 1. The van der Waals surface area contributed by atoms with Gasteiger partial charge >= 0.3 is 0 Å². The quantitative estimate of drug-likeness (QED) is 0.848. The minimum absolute atomic E-state index is 0.0604. The first-order valence-corrected chi connectivity index (χ1v) is 7.76. The fourth-order valence-corrected chi connectivity index (χ4v) is 2.84. The molecule has 21 heavy (non-hydrogen) atoms. The number of hydrogen-bond donors (Lipinski definition) is 0. The van der Waals surface area contributed by atoms with Crippen LogP contribution < -0.4 is 0 Å². The van der Waals surface area contributed by atoms with Crippen LogP contribution in [0.4, 0.5) is 0 Å². The highest BCUT2D eigenvalue weighted by Gasteiger charge is 2.27. The SMILES string of the molecule is CCC(CC)C(=O)N1CCN(C(=O)c2ccn(C)c2)CC1. The van der Waals surface area contributed by atoms with Gasteiger partial charge in [-0.05, 0) is 18.9 Å². The van der Waals surface area contributed by atoms with E-state index >= 15 is 0 Å². The first kappa shape index (κ1) is 15.6. The average molecular weight is 291 g/mol. The third-order valence-electron chi connectivity index (χ3n) is 4.29. The van der Waals surface area contributed by atoms with Crippen molar-refractivity contribution in [3.63, 3.8) is 0 Å². The Morgan fingerprint density at radius 1 is 1.10 bits per heavy atom. The molecule has 2 heterocycles. The molecule has 1 aliphatic heterocycles. The molecule has 0 aliphatic carbocycles. The Morgan fingerprint density at radius 2 is 1.67 bits per heavy atom. The summed E-state index contributed by atoms with van der Waals surface area (Å²) >= 11 is 0. The van der Waals surface area contributed by atoms with E-state index in [2.05, 4.69) is 13.8 Å². The Morgan fingerprint density at radius 3 is 2.14 bits per heavy atom. The highest BCUT2D eigenvalue weighted by Crippen LogP contribution is 2.15. The summed E-state index contributed by atoms with van der Waals surface area (Å²) in [5.74, 6) is 0.429. The van der Waals surface area contributed by atoms with Gasteiger partial charge in [-0.25, -0.2) is 0 Å². The van der Waals surface area contributed by atoms with E-state index in [4.69, 9.17) is 0 Å². The molecule has 116 valence electrons. The summed E-state index contributed by atoms with van der Waals surface area (Å²) in [7, 11) is 1.91. The van der Waals surface area contributed by atoms with Crippen molar-refractivity contribution in [1.29, 1.82) is 0 Å². The number of aryl methyl sites for hydroxylation is 1. The molecule has 0 atom stereocenters. The zero-order chi connectivity index (χ0) is 15.4. The molecule has 1 saturated heterocycles. The molecule has 0 bridgehead atoms. The van der Waals surface area contributed by atoms with Crippen molar-refractivity contribution in [2.75, 3.05) is 26.2 Å². The second-order valence-electron chi connectivity index (χ2n) is 5.70. The van der Waals surface area contributed by atoms with Crippen LogP contribution in [-0.4, -0.2) is 52.4 Å². The normalized spacial score (nSPS) is 15.6. The van der Waals surface area contributed by atoms with E-state index in [0.29, 0.717) is 26.2 Å². The average Bonchev–Trinajstić information content (AvgIpc) is 2.94. The van der Waals surface area contributed by atoms with Crippen molar-refractivity contribution in [3.05, 3.63) is 24.0 Å². The van der Waals surface area contributed by atoms with Crippen LogP contribution >= 0.6 is 0 Å². The summed E-state index contributed by atoms with van der Waals surface area (Å²) in [6.07, 6.45) is 5.49. The van der Waals surface area contributed by atoms with E-state index in [0.717, 1.165) is 18.4 Å². The molecule has 0 spiro atoms. The van der Waals surface area contributed by atoms with Crippen LogP contribution in [0.15, 0.2) is 18.5 Å². The van der Waals surface area contributed by atoms with Crippen LogP contribution in [0.2, 0.25) is 0 Å². The summed E-state index contributed by atoms with van der Waals surface area (Å²) < 4.78 is 1.88. The van der Waals surface area contributed by atoms with Crippen LogP contribution in [0.3, 0.4) is 0 Å². The van der Waals surface area contributed by atoms with Crippen LogP contribution in [0, 0.1) is 5.92 Å². The van der Waals surface area contributed by atoms with Crippen LogP contribution in [0.5, 0.6) is 0 Å². The monoisotopic (exact) mass is 291 g/mol. The molecule has 0 radical (unpaired) electrons. The molecular weight excluding hydrogens is 266 g/mol. The molecule has 1 aliphatic rings. The Hall–Kier alpha value is -1.78. The van der Waals surface area contributed by atoms with Crippen molar-refractivity contribution in [2.24, 2.45) is 13.0 Å². The molecule has 5 heteroatoms. The first-order valence-electron chi connectivity index (χ1n) is 7.76. The summed E-state index contributed by atoms with van der Waals surface area (Å²) in [6.45, 7) is 6.66. The number of rotatable bonds is 4. The molecular formula is C16H25N3O2. The van der Waals surface area contributed by atoms with Crippen molar-refractivity contribution in [1.82, 2.24) is 14.4 Å². The number of carbonyl (C=O) groups is 2. The molecule has 0 N–H and O–H groups in total. The minimum Gasteiger partial charge on any atom is -0.356 e. The Labute approximate surface area is 126 Å². The van der Waals surface area contributed by atoms with E-state index in [-0.39, 0.29) is 17.7 Å². The third kappa shape index (κ3) is 3.46. The van der Waals surface area contributed by atoms with Crippen molar-refractivity contribution < 1.29 is 9.59 Å². The van der Waals surface area contributed by atoms with Crippen molar-refractivity contribution in [3.8, 4) is 0 Å². The second-order valence-corrected chi connectivity index (χ2v) is 5.70. The van der Waals surface area contributed by atoms with Crippen LogP contribution in [0.25, 0.3) is 0 Å². The molecule has 1 aromatic rings. The van der Waals surface area contributed by atoms with Crippen molar-refractivity contribution >= 4 is 11.8 Å². The van der Waals surface area contributed by atoms with Gasteiger partial charge in [-0.15, -0.1) is 0 Å². The Kier molecular flexibility index (Phi) is 5.04. The highest BCUT2D eigenvalue weighted by molar-refractivity contribution is 5.94. The molecule has 1 fully saturated rings. The fraction of sp³-hybridized carbons (Fsp3) is 0.625. The largest absolute Gasteiger partial charge is 0.356 e. The lowest BCUT2D eigenvalue weighted by atomic mass is 10.0. The topological polar surface area (TPSA) is 45.6 Å². The minimum atomic E-state index is 0.0604. The van der Waals surface area contributed by atoms with Gasteiger partial charge in [-0.1, -0.05) is 13.8 Å². The molecule has 0 aromatic carbocycles. The third-order valence-corrected chi connectivity index (χ3v) is 4.29.